The zero-order valence-corrected chi connectivity index (χ0v) is 4.09. The van der Waals surface area contributed by atoms with E-state index in [2.05, 4.69) is 11.3 Å². The fourth-order valence-electron chi connectivity index (χ4n) is 0.0589. The average molecular weight is 107 g/mol. The molecule has 3 heteroatoms. The lowest BCUT2D eigenvalue weighted by Crippen LogP contribution is -2.21. The Balaban J connectivity index is 0. The summed E-state index contributed by atoms with van der Waals surface area (Å²) in [5.74, 6) is 7.03. The van der Waals surface area contributed by atoms with Gasteiger partial charge in [-0.3, -0.25) is 5.84 Å². The van der Waals surface area contributed by atoms with Crippen LogP contribution in [0.15, 0.2) is 0 Å². The molecule has 0 unspecified atom stereocenters. The topological polar surface area (TPSA) is 38.0 Å². The number of nitrogens with one attached hydrogen (secondary N) is 1. The van der Waals surface area contributed by atoms with Gasteiger partial charge in [0.05, 0.1) is 6.54 Å². The van der Waals surface area contributed by atoms with Crippen LogP contribution in [0.25, 0.3) is 0 Å². The molecule has 0 aromatic carbocycles. The van der Waals surface area contributed by atoms with Gasteiger partial charge in [-0.15, -0.1) is 18.8 Å². The van der Waals surface area contributed by atoms with Crippen LogP contribution in [0.1, 0.15) is 0 Å². The minimum Gasteiger partial charge on any atom is -0.271 e. The number of rotatable bonds is 1. The van der Waals surface area contributed by atoms with Crippen LogP contribution in [0.2, 0.25) is 0 Å². The van der Waals surface area contributed by atoms with Gasteiger partial charge in [-0.05, 0) is 0 Å². The molecule has 36 valence electrons. The van der Waals surface area contributed by atoms with E-state index < -0.39 is 0 Å². The molecule has 0 aliphatic carbocycles. The van der Waals surface area contributed by atoms with E-state index in [0.717, 1.165) is 0 Å². The monoisotopic (exact) mass is 106 g/mol. The van der Waals surface area contributed by atoms with Crippen LogP contribution in [0.5, 0.6) is 0 Å². The molecular formula is C3H7ClN2. The highest BCUT2D eigenvalue weighted by Gasteiger charge is 1.56. The van der Waals surface area contributed by atoms with Crippen molar-refractivity contribution in [3.8, 4) is 12.3 Å². The number of hydrogen-bond donors (Lipinski definition) is 2. The third-order valence-corrected chi connectivity index (χ3v) is 0.204. The average Bonchev–Trinajstić information content (AvgIpc) is 1.41. The minimum absolute atomic E-state index is 0. The van der Waals surface area contributed by atoms with Crippen LogP contribution in [0.3, 0.4) is 0 Å². The van der Waals surface area contributed by atoms with E-state index in [1.54, 1.807) is 0 Å². The van der Waals surface area contributed by atoms with Gasteiger partial charge in [0.15, 0.2) is 0 Å². The molecule has 0 radical (unpaired) electrons. The van der Waals surface area contributed by atoms with Crippen molar-refractivity contribution in [3.05, 3.63) is 0 Å². The van der Waals surface area contributed by atoms with Crippen molar-refractivity contribution in [1.82, 2.24) is 5.43 Å². The number of hydrogen-bond acceptors (Lipinski definition) is 2. The predicted octanol–water partition coefficient (Wildman–Crippen LogP) is -0.495. The molecule has 0 heterocycles. The molecule has 2 nitrogen and oxygen atoms in total. The Morgan fingerprint density at radius 1 is 1.83 bits per heavy atom. The third-order valence-electron chi connectivity index (χ3n) is 0.204. The van der Waals surface area contributed by atoms with Gasteiger partial charge in [0.2, 0.25) is 0 Å². The molecule has 0 saturated heterocycles. The van der Waals surface area contributed by atoms with Crippen LogP contribution < -0.4 is 11.3 Å². The molecule has 0 atom stereocenters. The summed E-state index contributed by atoms with van der Waals surface area (Å²) in [6.45, 7) is 0.444. The van der Waals surface area contributed by atoms with Gasteiger partial charge in [0.1, 0.15) is 0 Å². The molecular weight excluding hydrogens is 99.5 g/mol. The summed E-state index contributed by atoms with van der Waals surface area (Å²) < 4.78 is 0. The van der Waals surface area contributed by atoms with E-state index >= 15 is 0 Å². The zero-order chi connectivity index (χ0) is 4.12. The molecule has 0 spiro atoms. The van der Waals surface area contributed by atoms with Crippen molar-refractivity contribution in [2.24, 2.45) is 5.84 Å². The molecule has 3 N–H and O–H groups in total. The Kier molecular flexibility index (Phi) is 13.6. The first-order chi connectivity index (χ1) is 2.41. The number of nitrogens with two attached hydrogens (primary N) is 1. The number of halogens is 1. The maximum absolute atomic E-state index is 4.75. The lowest BCUT2D eigenvalue weighted by Gasteiger charge is -1.77. The maximum Gasteiger partial charge on any atom is 0.0707 e. The van der Waals surface area contributed by atoms with Gasteiger partial charge in [-0.1, -0.05) is 5.92 Å². The van der Waals surface area contributed by atoms with Gasteiger partial charge in [-0.25, -0.2) is 5.43 Å². The molecule has 0 rings (SSSR count). The molecule has 0 saturated carbocycles. The van der Waals surface area contributed by atoms with Crippen LogP contribution in [-0.4, -0.2) is 6.54 Å². The summed E-state index contributed by atoms with van der Waals surface area (Å²) >= 11 is 0. The maximum atomic E-state index is 4.75. The summed E-state index contributed by atoms with van der Waals surface area (Å²) in [5.41, 5.74) is 2.28. The summed E-state index contributed by atoms with van der Waals surface area (Å²) in [5, 5.41) is 0. The first-order valence-electron chi connectivity index (χ1n) is 1.28. The normalized spacial score (nSPS) is 5.33. The number of hydrazine groups is 1. The minimum atomic E-state index is 0. The highest BCUT2D eigenvalue weighted by atomic mass is 35.5. The molecule has 0 aliphatic rings. The third kappa shape index (κ3) is 9.23. The van der Waals surface area contributed by atoms with Crippen LogP contribution in [0.4, 0.5) is 0 Å². The van der Waals surface area contributed by atoms with Gasteiger partial charge < -0.3 is 0 Å². The molecule has 6 heavy (non-hydrogen) atoms. The Morgan fingerprint density at radius 2 is 2.33 bits per heavy atom. The Morgan fingerprint density at radius 3 is 2.33 bits per heavy atom. The van der Waals surface area contributed by atoms with Crippen molar-refractivity contribution in [3.63, 3.8) is 0 Å². The summed E-state index contributed by atoms with van der Waals surface area (Å²) in [6, 6.07) is 0. The fraction of sp³-hybridized carbons (Fsp3) is 0.333. The second kappa shape index (κ2) is 8.84. The fourth-order valence-corrected chi connectivity index (χ4v) is 0.0589. The zero-order valence-electron chi connectivity index (χ0n) is 3.27. The Labute approximate surface area is 43.5 Å². The molecule has 0 aliphatic heterocycles. The van der Waals surface area contributed by atoms with Gasteiger partial charge >= 0.3 is 0 Å². The highest BCUT2D eigenvalue weighted by molar-refractivity contribution is 5.85. The van der Waals surface area contributed by atoms with E-state index in [-0.39, 0.29) is 12.4 Å². The lowest BCUT2D eigenvalue weighted by molar-refractivity contribution is 0.837. The predicted molar refractivity (Wildman–Crippen MR) is 28.3 cm³/mol. The van der Waals surface area contributed by atoms with Crippen LogP contribution >= 0.6 is 12.4 Å². The van der Waals surface area contributed by atoms with Crippen molar-refractivity contribution >= 4 is 12.4 Å². The van der Waals surface area contributed by atoms with E-state index in [0.29, 0.717) is 6.54 Å². The molecule has 0 aromatic rings. The van der Waals surface area contributed by atoms with Gasteiger partial charge in [-0.2, -0.15) is 0 Å². The standard InChI is InChI=1S/C3H6N2.ClH/c1-2-3-5-4;/h1,5H,3-4H2;1H. The van der Waals surface area contributed by atoms with Crippen molar-refractivity contribution in [2.75, 3.05) is 6.54 Å². The van der Waals surface area contributed by atoms with E-state index in [1.165, 1.54) is 0 Å². The summed E-state index contributed by atoms with van der Waals surface area (Å²) in [4.78, 5) is 0. The smallest absolute Gasteiger partial charge is 0.0707 e. The SMILES string of the molecule is C#CCNN.Cl. The van der Waals surface area contributed by atoms with Crippen molar-refractivity contribution in [1.29, 1.82) is 0 Å². The number of terminal acetylenes is 1. The first-order valence-corrected chi connectivity index (χ1v) is 1.28. The van der Waals surface area contributed by atoms with Gasteiger partial charge in [0, 0.05) is 0 Å². The first kappa shape index (κ1) is 9.24. The lowest BCUT2D eigenvalue weighted by atomic mass is 10.7. The van der Waals surface area contributed by atoms with Gasteiger partial charge in [0.25, 0.3) is 0 Å². The quantitative estimate of drug-likeness (QED) is 0.269. The second-order valence-corrected chi connectivity index (χ2v) is 0.585. The van der Waals surface area contributed by atoms with E-state index in [4.69, 9.17) is 12.3 Å². The Bertz CT molecular complexity index is 47.2. The molecule has 0 bridgehead atoms. The van der Waals surface area contributed by atoms with Crippen molar-refractivity contribution < 1.29 is 0 Å². The summed E-state index contributed by atoms with van der Waals surface area (Å²) in [7, 11) is 0. The van der Waals surface area contributed by atoms with E-state index in [9.17, 15) is 0 Å². The highest BCUT2D eigenvalue weighted by Crippen LogP contribution is 1.34. The van der Waals surface area contributed by atoms with Crippen LogP contribution in [0, 0.1) is 12.3 Å². The van der Waals surface area contributed by atoms with Crippen LogP contribution in [-0.2, 0) is 0 Å². The van der Waals surface area contributed by atoms with Crippen molar-refractivity contribution in [2.45, 2.75) is 0 Å². The molecule has 0 aromatic heterocycles. The Hall–Kier alpha value is -0.230. The molecule has 0 fully saturated rings. The second-order valence-electron chi connectivity index (χ2n) is 0.585. The van der Waals surface area contributed by atoms with E-state index in [1.807, 2.05) is 0 Å². The largest absolute Gasteiger partial charge is 0.271 e. The molecule has 0 amide bonds. The summed E-state index contributed by atoms with van der Waals surface area (Å²) in [6.07, 6.45) is 4.75.